The number of nitrogens with zero attached hydrogens (tertiary/aromatic N) is 7. The number of fused-ring (bicyclic) bond motifs is 1. The van der Waals surface area contributed by atoms with Crippen molar-refractivity contribution in [1.82, 2.24) is 25.1 Å². The lowest BCUT2D eigenvalue weighted by Crippen LogP contribution is -2.52. The highest BCUT2D eigenvalue weighted by molar-refractivity contribution is 5.96. The number of hydrogen-bond acceptors (Lipinski definition) is 6. The summed E-state index contributed by atoms with van der Waals surface area (Å²) in [5, 5.41) is 12.3. The lowest BCUT2D eigenvalue weighted by molar-refractivity contribution is -0.120. The van der Waals surface area contributed by atoms with Crippen LogP contribution >= 0.6 is 0 Å². The third-order valence-electron chi connectivity index (χ3n) is 6.26. The zero-order valence-corrected chi connectivity index (χ0v) is 17.8. The van der Waals surface area contributed by atoms with Crippen LogP contribution < -0.4 is 9.80 Å². The van der Waals surface area contributed by atoms with Crippen molar-refractivity contribution in [3.8, 4) is 5.69 Å². The van der Waals surface area contributed by atoms with E-state index in [-0.39, 0.29) is 11.9 Å². The molecule has 2 aliphatic heterocycles. The van der Waals surface area contributed by atoms with Crippen LogP contribution in [0.4, 0.5) is 11.6 Å². The Hall–Kier alpha value is -3.26. The smallest absolute Gasteiger partial charge is 0.250 e. The first-order valence-corrected chi connectivity index (χ1v) is 10.9. The van der Waals surface area contributed by atoms with Gasteiger partial charge in [0.1, 0.15) is 0 Å². The average Bonchev–Trinajstić information content (AvgIpc) is 3.30. The number of tetrazole rings is 1. The van der Waals surface area contributed by atoms with E-state index < -0.39 is 0 Å². The molecule has 8 nitrogen and oxygen atoms in total. The van der Waals surface area contributed by atoms with Crippen molar-refractivity contribution in [2.75, 3.05) is 42.5 Å². The fourth-order valence-electron chi connectivity index (χ4n) is 4.56. The molecule has 3 aromatic rings. The molecule has 1 saturated heterocycles. The highest BCUT2D eigenvalue weighted by Crippen LogP contribution is 2.30. The Kier molecular flexibility index (Phi) is 5.38. The van der Waals surface area contributed by atoms with Gasteiger partial charge in [-0.2, -0.15) is 4.68 Å². The molecule has 0 spiro atoms. The van der Waals surface area contributed by atoms with Gasteiger partial charge in [0.15, 0.2) is 0 Å². The van der Waals surface area contributed by atoms with E-state index >= 15 is 0 Å². The molecule has 31 heavy (non-hydrogen) atoms. The third-order valence-corrected chi connectivity index (χ3v) is 6.26. The van der Waals surface area contributed by atoms with Crippen molar-refractivity contribution in [3.63, 3.8) is 0 Å². The van der Waals surface area contributed by atoms with E-state index in [0.717, 1.165) is 56.3 Å². The molecule has 0 radical (unpaired) electrons. The molecule has 1 aromatic heterocycles. The number of hydrogen-bond donors (Lipinski definition) is 0. The van der Waals surface area contributed by atoms with Gasteiger partial charge in [0.25, 0.3) is 0 Å². The fourth-order valence-corrected chi connectivity index (χ4v) is 4.56. The summed E-state index contributed by atoms with van der Waals surface area (Å²) in [6.07, 6.45) is 2.05. The summed E-state index contributed by atoms with van der Waals surface area (Å²) in [6, 6.07) is 18.4. The number of benzene rings is 2. The van der Waals surface area contributed by atoms with Gasteiger partial charge in [0.05, 0.1) is 12.2 Å². The van der Waals surface area contributed by atoms with Gasteiger partial charge in [-0.25, -0.2) is 0 Å². The Bertz CT molecular complexity index is 1040. The van der Waals surface area contributed by atoms with Crippen LogP contribution in [0.3, 0.4) is 0 Å². The van der Waals surface area contributed by atoms with Crippen LogP contribution in [0, 0.1) is 0 Å². The fraction of sp³-hybridized carbons (Fsp3) is 0.391. The van der Waals surface area contributed by atoms with Gasteiger partial charge in [-0.05, 0) is 54.0 Å². The minimum atomic E-state index is 0.183. The van der Waals surface area contributed by atoms with E-state index in [2.05, 4.69) is 50.4 Å². The van der Waals surface area contributed by atoms with Crippen LogP contribution in [-0.2, 0) is 11.2 Å². The van der Waals surface area contributed by atoms with Crippen LogP contribution in [0.5, 0.6) is 0 Å². The zero-order valence-electron chi connectivity index (χ0n) is 17.8. The first-order chi connectivity index (χ1) is 15.2. The monoisotopic (exact) mass is 417 g/mol. The summed E-state index contributed by atoms with van der Waals surface area (Å²) >= 11 is 0. The molecule has 3 heterocycles. The van der Waals surface area contributed by atoms with E-state index in [0.29, 0.717) is 6.54 Å². The number of rotatable bonds is 4. The quantitative estimate of drug-likeness (QED) is 0.648. The molecule has 2 aliphatic rings. The molecular weight excluding hydrogens is 390 g/mol. The van der Waals surface area contributed by atoms with Gasteiger partial charge in [0, 0.05) is 37.9 Å². The van der Waals surface area contributed by atoms with Crippen LogP contribution in [0.2, 0.25) is 0 Å². The van der Waals surface area contributed by atoms with Crippen molar-refractivity contribution in [2.24, 2.45) is 0 Å². The summed E-state index contributed by atoms with van der Waals surface area (Å²) in [4.78, 5) is 19.6. The summed E-state index contributed by atoms with van der Waals surface area (Å²) in [6.45, 7) is 5.76. The molecule has 1 atom stereocenters. The van der Waals surface area contributed by atoms with Gasteiger partial charge in [0.2, 0.25) is 11.9 Å². The molecule has 0 aliphatic carbocycles. The number of aryl methyl sites for hydroxylation is 1. The maximum atomic E-state index is 13.2. The predicted molar refractivity (Wildman–Crippen MR) is 120 cm³/mol. The van der Waals surface area contributed by atoms with E-state index in [1.807, 2.05) is 41.3 Å². The number of amides is 1. The van der Waals surface area contributed by atoms with Crippen LogP contribution in [0.1, 0.15) is 18.9 Å². The van der Waals surface area contributed by atoms with Gasteiger partial charge in [-0.3, -0.25) is 9.69 Å². The lowest BCUT2D eigenvalue weighted by atomic mass is 9.96. The Labute approximate surface area is 182 Å². The Morgan fingerprint density at radius 1 is 1.00 bits per heavy atom. The molecule has 5 rings (SSSR count). The summed E-state index contributed by atoms with van der Waals surface area (Å²) in [5.41, 5.74) is 3.29. The number of para-hydroxylation sites is 2. The maximum absolute atomic E-state index is 13.2. The average molecular weight is 418 g/mol. The maximum Gasteiger partial charge on any atom is 0.250 e. The zero-order chi connectivity index (χ0) is 21.2. The molecule has 0 saturated carbocycles. The van der Waals surface area contributed by atoms with Gasteiger partial charge >= 0.3 is 0 Å². The van der Waals surface area contributed by atoms with Gasteiger partial charge in [-0.15, -0.1) is 0 Å². The molecule has 0 N–H and O–H groups in total. The first kappa shape index (κ1) is 19.7. The summed E-state index contributed by atoms with van der Waals surface area (Å²) in [5.74, 6) is 0.929. The van der Waals surface area contributed by atoms with Crippen LogP contribution in [-0.4, -0.2) is 69.8 Å². The van der Waals surface area contributed by atoms with Crippen molar-refractivity contribution in [1.29, 1.82) is 0 Å². The normalized spacial score (nSPS) is 19.3. The topological polar surface area (TPSA) is 70.4 Å². The van der Waals surface area contributed by atoms with E-state index in [1.165, 1.54) is 5.56 Å². The predicted octanol–water partition coefficient (Wildman–Crippen LogP) is 2.15. The molecule has 0 bridgehead atoms. The van der Waals surface area contributed by atoms with Crippen molar-refractivity contribution in [3.05, 3.63) is 60.2 Å². The Balaban J connectivity index is 1.23. The van der Waals surface area contributed by atoms with E-state index in [1.54, 1.807) is 4.68 Å². The molecule has 1 fully saturated rings. The SMILES string of the molecule is CC1CCc2ccccc2N1C(=O)CN1CCN(c2nnnn2-c2ccccc2)CC1. The van der Waals surface area contributed by atoms with Crippen molar-refractivity contribution >= 4 is 17.5 Å². The summed E-state index contributed by atoms with van der Waals surface area (Å²) in [7, 11) is 0. The number of piperazine rings is 1. The minimum Gasteiger partial charge on any atom is -0.337 e. The van der Waals surface area contributed by atoms with Gasteiger partial charge < -0.3 is 9.80 Å². The largest absolute Gasteiger partial charge is 0.337 e. The standard InChI is InChI=1S/C23H27N7O/c1-18-11-12-19-7-5-6-10-21(19)29(18)22(31)17-27-13-15-28(16-14-27)23-24-25-26-30(23)20-8-3-2-4-9-20/h2-10,18H,11-17H2,1H3. The number of carbonyl (C=O) groups excluding carboxylic acids is 1. The van der Waals surface area contributed by atoms with Crippen LogP contribution in [0.15, 0.2) is 54.6 Å². The molecule has 1 amide bonds. The first-order valence-electron chi connectivity index (χ1n) is 10.9. The van der Waals surface area contributed by atoms with Crippen LogP contribution in [0.25, 0.3) is 5.69 Å². The van der Waals surface area contributed by atoms with Crippen molar-refractivity contribution < 1.29 is 4.79 Å². The summed E-state index contributed by atoms with van der Waals surface area (Å²) < 4.78 is 1.77. The lowest BCUT2D eigenvalue weighted by Gasteiger charge is -2.38. The Morgan fingerprint density at radius 3 is 2.55 bits per heavy atom. The van der Waals surface area contributed by atoms with E-state index in [4.69, 9.17) is 0 Å². The molecule has 2 aromatic carbocycles. The highest BCUT2D eigenvalue weighted by Gasteiger charge is 2.30. The van der Waals surface area contributed by atoms with Crippen molar-refractivity contribution in [2.45, 2.75) is 25.8 Å². The molecule has 1 unspecified atom stereocenters. The second kappa shape index (κ2) is 8.47. The number of aromatic nitrogens is 4. The van der Waals surface area contributed by atoms with Gasteiger partial charge in [-0.1, -0.05) is 41.5 Å². The highest BCUT2D eigenvalue weighted by atomic mass is 16.2. The number of carbonyl (C=O) groups is 1. The number of anilines is 2. The molecular formula is C23H27N7O. The Morgan fingerprint density at radius 2 is 1.74 bits per heavy atom. The molecule has 8 heteroatoms. The second-order valence-corrected chi connectivity index (χ2v) is 8.27. The molecule has 160 valence electrons. The second-order valence-electron chi connectivity index (χ2n) is 8.27. The van der Waals surface area contributed by atoms with E-state index in [9.17, 15) is 4.79 Å². The third kappa shape index (κ3) is 3.90. The minimum absolute atomic E-state index is 0.183.